The number of benzene rings is 1. The van der Waals surface area contributed by atoms with Crippen LogP contribution in [0.3, 0.4) is 0 Å². The number of nitrogens with zero attached hydrogens (tertiary/aromatic N) is 3. The lowest BCUT2D eigenvalue weighted by Gasteiger charge is -2.06. The predicted octanol–water partition coefficient (Wildman–Crippen LogP) is 3.36. The molecular formula is C20H21F2N5O4S. The number of nitrogens with two attached hydrogens (primary N) is 1. The van der Waals surface area contributed by atoms with E-state index in [1.54, 1.807) is 20.8 Å². The molecular weight excluding hydrogens is 444 g/mol. The fourth-order valence-corrected chi connectivity index (χ4v) is 3.83. The topological polar surface area (TPSA) is 125 Å². The number of Topliss-reactive ketones (excluding diaryl/α,β-unsaturated/α-hetero) is 1. The number of nitrogens with one attached hydrogen (secondary N) is 1. The molecule has 1 aromatic carbocycles. The number of carbonyl (C=O) groups is 2. The van der Waals surface area contributed by atoms with Gasteiger partial charge >= 0.3 is 12.6 Å². The monoisotopic (exact) mass is 465 g/mol. The van der Waals surface area contributed by atoms with Gasteiger partial charge < -0.3 is 20.3 Å². The minimum atomic E-state index is -2.92. The molecule has 3 rings (SSSR count). The summed E-state index contributed by atoms with van der Waals surface area (Å²) in [5.41, 5.74) is 2.28. The molecule has 0 bridgehead atoms. The van der Waals surface area contributed by atoms with E-state index < -0.39 is 12.6 Å². The van der Waals surface area contributed by atoms with E-state index in [4.69, 9.17) is 10.6 Å². The third-order valence-corrected chi connectivity index (χ3v) is 5.47. The molecule has 0 aliphatic heterocycles. The zero-order valence-electron chi connectivity index (χ0n) is 17.5. The number of ketones is 1. The van der Waals surface area contributed by atoms with Crippen LogP contribution in [0.4, 0.5) is 8.78 Å². The van der Waals surface area contributed by atoms with E-state index in [1.165, 1.54) is 28.9 Å². The molecule has 9 nitrogen and oxygen atoms in total. The Balaban J connectivity index is 1.71. The number of thioether (sulfide) groups is 1. The minimum Gasteiger partial charge on any atom is -0.462 e. The summed E-state index contributed by atoms with van der Waals surface area (Å²) in [5, 5.41) is 8.28. The molecule has 0 spiro atoms. The number of esters is 1. The van der Waals surface area contributed by atoms with Crippen LogP contribution < -0.4 is 10.6 Å². The van der Waals surface area contributed by atoms with Gasteiger partial charge in [0.25, 0.3) is 0 Å². The van der Waals surface area contributed by atoms with Crippen LogP contribution in [0.15, 0.2) is 29.4 Å². The number of halogens is 2. The molecule has 2 aromatic heterocycles. The van der Waals surface area contributed by atoms with Gasteiger partial charge in [0.2, 0.25) is 5.16 Å². The van der Waals surface area contributed by atoms with Gasteiger partial charge in [-0.15, -0.1) is 10.2 Å². The van der Waals surface area contributed by atoms with Gasteiger partial charge in [-0.2, -0.15) is 8.78 Å². The zero-order valence-corrected chi connectivity index (χ0v) is 18.3. The molecule has 0 atom stereocenters. The third kappa shape index (κ3) is 4.90. The van der Waals surface area contributed by atoms with Crippen molar-refractivity contribution in [2.45, 2.75) is 32.5 Å². The van der Waals surface area contributed by atoms with E-state index in [9.17, 15) is 18.4 Å². The highest BCUT2D eigenvalue weighted by Gasteiger charge is 2.23. The number of carbonyl (C=O) groups excluding carboxylic acids is 2. The molecule has 0 radical (unpaired) electrons. The summed E-state index contributed by atoms with van der Waals surface area (Å²) in [6, 6.07) is 5.77. The molecule has 0 saturated heterocycles. The van der Waals surface area contributed by atoms with Gasteiger partial charge in [0.15, 0.2) is 11.6 Å². The summed E-state index contributed by atoms with van der Waals surface area (Å²) in [5.74, 6) is 5.62. The third-order valence-electron chi connectivity index (χ3n) is 4.53. The van der Waals surface area contributed by atoms with Gasteiger partial charge in [0.05, 0.1) is 23.6 Å². The molecule has 0 saturated carbocycles. The zero-order chi connectivity index (χ0) is 23.4. The van der Waals surface area contributed by atoms with Crippen LogP contribution in [-0.4, -0.2) is 50.6 Å². The molecule has 0 aliphatic rings. The molecule has 3 N–H and O–H groups in total. The number of H-pyrrole nitrogens is 1. The lowest BCUT2D eigenvalue weighted by atomic mass is 10.1. The molecule has 32 heavy (non-hydrogen) atoms. The average molecular weight is 465 g/mol. The van der Waals surface area contributed by atoms with Crippen LogP contribution >= 0.6 is 11.8 Å². The number of aromatic amines is 1. The van der Waals surface area contributed by atoms with Crippen molar-refractivity contribution < 1.29 is 27.8 Å². The van der Waals surface area contributed by atoms with E-state index >= 15 is 0 Å². The number of rotatable bonds is 9. The second-order valence-electron chi connectivity index (χ2n) is 6.64. The molecule has 3 aromatic rings. The summed E-state index contributed by atoms with van der Waals surface area (Å²) in [4.78, 5) is 27.8. The fraction of sp³-hybridized carbons (Fsp3) is 0.300. The van der Waals surface area contributed by atoms with E-state index in [2.05, 4.69) is 19.9 Å². The van der Waals surface area contributed by atoms with Crippen molar-refractivity contribution in [1.29, 1.82) is 0 Å². The van der Waals surface area contributed by atoms with Crippen molar-refractivity contribution in [1.82, 2.24) is 19.9 Å². The highest BCUT2D eigenvalue weighted by atomic mass is 32.2. The van der Waals surface area contributed by atoms with Gasteiger partial charge in [-0.25, -0.2) is 9.47 Å². The normalized spacial score (nSPS) is 11.1. The van der Waals surface area contributed by atoms with Crippen molar-refractivity contribution >= 4 is 23.5 Å². The lowest BCUT2D eigenvalue weighted by Crippen LogP contribution is -2.13. The van der Waals surface area contributed by atoms with Crippen molar-refractivity contribution in [2.24, 2.45) is 0 Å². The molecule has 0 fully saturated rings. The maximum absolute atomic E-state index is 12.7. The Morgan fingerprint density at radius 3 is 2.53 bits per heavy atom. The molecule has 0 aliphatic carbocycles. The van der Waals surface area contributed by atoms with Gasteiger partial charge in [0, 0.05) is 11.3 Å². The molecule has 0 amide bonds. The smallest absolute Gasteiger partial charge is 0.387 e. The van der Waals surface area contributed by atoms with E-state index in [0.29, 0.717) is 33.9 Å². The fourth-order valence-electron chi connectivity index (χ4n) is 3.10. The summed E-state index contributed by atoms with van der Waals surface area (Å²) in [7, 11) is 0. The van der Waals surface area contributed by atoms with Gasteiger partial charge in [-0.05, 0) is 50.6 Å². The van der Waals surface area contributed by atoms with Crippen molar-refractivity contribution in [3.63, 3.8) is 0 Å². The molecule has 170 valence electrons. The van der Waals surface area contributed by atoms with Crippen molar-refractivity contribution in [3.8, 4) is 17.1 Å². The predicted molar refractivity (Wildman–Crippen MR) is 114 cm³/mol. The Morgan fingerprint density at radius 2 is 1.91 bits per heavy atom. The number of ether oxygens (including phenoxy) is 2. The minimum absolute atomic E-state index is 0.000438. The number of nitrogen functional groups attached to an aromatic ring is 1. The average Bonchev–Trinajstić information content (AvgIpc) is 3.25. The molecule has 12 heteroatoms. The number of hydrogen-bond donors (Lipinski definition) is 2. The number of aromatic nitrogens is 4. The Bertz CT molecular complexity index is 1130. The van der Waals surface area contributed by atoms with Crippen molar-refractivity contribution in [3.05, 3.63) is 46.8 Å². The van der Waals surface area contributed by atoms with E-state index in [1.807, 2.05) is 0 Å². The van der Waals surface area contributed by atoms with E-state index in [-0.39, 0.29) is 29.0 Å². The van der Waals surface area contributed by atoms with Gasteiger partial charge in [-0.3, -0.25) is 4.79 Å². The van der Waals surface area contributed by atoms with Gasteiger partial charge in [-0.1, -0.05) is 11.8 Å². The van der Waals surface area contributed by atoms with Crippen LogP contribution in [0.25, 0.3) is 11.4 Å². The Labute approximate surface area is 186 Å². The summed E-state index contributed by atoms with van der Waals surface area (Å²) in [6.45, 7) is 2.40. The second kappa shape index (κ2) is 9.81. The first-order chi connectivity index (χ1) is 15.2. The van der Waals surface area contributed by atoms with E-state index in [0.717, 1.165) is 11.8 Å². The molecule has 2 heterocycles. The van der Waals surface area contributed by atoms with Crippen LogP contribution in [0, 0.1) is 13.8 Å². The highest BCUT2D eigenvalue weighted by molar-refractivity contribution is 7.99. The Kier molecular flexibility index (Phi) is 7.13. The van der Waals surface area contributed by atoms with Crippen LogP contribution in [0.1, 0.15) is 39.0 Å². The summed E-state index contributed by atoms with van der Waals surface area (Å²) < 4.78 is 35.1. The maximum atomic E-state index is 12.7. The first-order valence-electron chi connectivity index (χ1n) is 9.50. The first-order valence-corrected chi connectivity index (χ1v) is 10.5. The van der Waals surface area contributed by atoms with Crippen LogP contribution in [0.5, 0.6) is 5.75 Å². The second-order valence-corrected chi connectivity index (χ2v) is 7.58. The van der Waals surface area contributed by atoms with Crippen LogP contribution in [0.2, 0.25) is 0 Å². The standard InChI is InChI=1S/C20H21F2N5O4S/c1-4-30-18(29)15-10(2)16(24-11(15)3)14(28)9-32-20-26-25-17(27(20)23)12-5-7-13(8-6-12)31-19(21)22/h5-8,19,24H,4,9,23H2,1-3H3. The van der Waals surface area contributed by atoms with Gasteiger partial charge in [0.1, 0.15) is 5.75 Å². The number of aryl methyl sites for hydroxylation is 1. The lowest BCUT2D eigenvalue weighted by molar-refractivity contribution is -0.0498. The maximum Gasteiger partial charge on any atom is 0.387 e. The summed E-state index contributed by atoms with van der Waals surface area (Å²) >= 11 is 1.07. The highest BCUT2D eigenvalue weighted by Crippen LogP contribution is 2.26. The Morgan fingerprint density at radius 1 is 1.22 bits per heavy atom. The Hall–Kier alpha value is -3.41. The first kappa shape index (κ1) is 23.3. The number of hydrogen-bond acceptors (Lipinski definition) is 8. The quantitative estimate of drug-likeness (QED) is 0.213. The number of alkyl halides is 2. The molecule has 0 unspecified atom stereocenters. The largest absolute Gasteiger partial charge is 0.462 e. The van der Waals surface area contributed by atoms with Crippen molar-refractivity contribution in [2.75, 3.05) is 18.2 Å². The SMILES string of the molecule is CCOC(=O)c1c(C)[nH]c(C(=O)CSc2nnc(-c3ccc(OC(F)F)cc3)n2N)c1C. The summed E-state index contributed by atoms with van der Waals surface area (Å²) in [6.07, 6.45) is 0. The van der Waals surface area contributed by atoms with Crippen LogP contribution in [-0.2, 0) is 4.74 Å².